The number of phenols is 1. The van der Waals surface area contributed by atoms with E-state index in [1.807, 2.05) is 36.4 Å². The summed E-state index contributed by atoms with van der Waals surface area (Å²) in [6, 6.07) is 26.3. The summed E-state index contributed by atoms with van der Waals surface area (Å²) in [5.41, 5.74) is 8.52. The van der Waals surface area contributed by atoms with Gasteiger partial charge >= 0.3 is 0 Å². The molecule has 0 aliphatic heterocycles. The van der Waals surface area contributed by atoms with Crippen molar-refractivity contribution in [3.05, 3.63) is 91.0 Å². The third-order valence-electron chi connectivity index (χ3n) is 5.65. The number of phenolic OH excluding ortho intramolecular Hbond substituents is 1. The molecule has 5 rings (SSSR count). The van der Waals surface area contributed by atoms with E-state index in [1.165, 1.54) is 12.1 Å². The molecule has 0 aliphatic rings. The van der Waals surface area contributed by atoms with Gasteiger partial charge in [-0.1, -0.05) is 48.5 Å². The van der Waals surface area contributed by atoms with Crippen LogP contribution in [0.1, 0.15) is 0 Å². The Morgan fingerprint density at radius 1 is 0.706 bits per heavy atom. The molecule has 0 radical (unpaired) electrons. The van der Waals surface area contributed by atoms with Crippen molar-refractivity contribution in [1.29, 1.82) is 0 Å². The van der Waals surface area contributed by atoms with Crippen molar-refractivity contribution >= 4 is 60.1 Å². The maximum Gasteiger partial charge on any atom is 0.296 e. The van der Waals surface area contributed by atoms with Crippen LogP contribution in [0.15, 0.2) is 95.9 Å². The molecule has 7 nitrogen and oxygen atoms in total. The smallest absolute Gasteiger partial charge is 0.296 e. The van der Waals surface area contributed by atoms with Crippen molar-refractivity contribution in [2.45, 2.75) is 4.90 Å². The van der Waals surface area contributed by atoms with Crippen molar-refractivity contribution in [3.63, 3.8) is 0 Å². The van der Waals surface area contributed by atoms with Crippen molar-refractivity contribution < 1.29 is 18.1 Å². The molecule has 0 aromatic heterocycles. The number of fused-ring (bicyclic) bond motifs is 2. The van der Waals surface area contributed by atoms with Crippen LogP contribution >= 0.6 is 0 Å². The molecule has 0 spiro atoms. The van der Waals surface area contributed by atoms with E-state index in [9.17, 15) is 18.1 Å². The molecule has 0 bridgehead atoms. The maximum atomic E-state index is 12.2. The zero-order valence-electron chi connectivity index (χ0n) is 17.9. The Morgan fingerprint density at radius 3 is 2.29 bits per heavy atom. The fourth-order valence-corrected chi connectivity index (χ4v) is 4.70. The fourth-order valence-electron chi connectivity index (χ4n) is 4.03. The fraction of sp³-hybridized carbons (Fsp3) is 0. The minimum absolute atomic E-state index is 0.149. The predicted octanol–water partition coefficient (Wildman–Crippen LogP) is 6.01. The third-order valence-corrected chi connectivity index (χ3v) is 6.55. The molecule has 0 unspecified atom stereocenters. The zero-order valence-corrected chi connectivity index (χ0v) is 18.7. The number of benzene rings is 5. The number of nitrogens with one attached hydrogen (secondary N) is 2. The van der Waals surface area contributed by atoms with Crippen molar-refractivity contribution in [2.24, 2.45) is 0 Å². The highest BCUT2D eigenvalue weighted by Gasteiger charge is 2.20. The number of hydrogen-bond donors (Lipinski definition) is 5. The second-order valence-corrected chi connectivity index (χ2v) is 9.26. The van der Waals surface area contributed by atoms with E-state index in [0.29, 0.717) is 28.1 Å². The topological polar surface area (TPSA) is 125 Å². The molecule has 0 atom stereocenters. The molecular weight excluding hydrogens is 450 g/mol. The number of nitrogen functional groups attached to an aromatic ring is 1. The summed E-state index contributed by atoms with van der Waals surface area (Å²) >= 11 is 0. The molecule has 170 valence electrons. The van der Waals surface area contributed by atoms with E-state index in [0.717, 1.165) is 16.2 Å². The lowest BCUT2D eigenvalue weighted by Gasteiger charge is -2.19. The Hall–Kier alpha value is -4.27. The maximum absolute atomic E-state index is 12.2. The molecule has 5 aromatic carbocycles. The first-order valence-corrected chi connectivity index (χ1v) is 11.9. The summed E-state index contributed by atoms with van der Waals surface area (Å²) in [5, 5.41) is 19.7. The summed E-state index contributed by atoms with van der Waals surface area (Å²) in [6.07, 6.45) is 0. The molecular formula is C26H21N3O4S. The first-order valence-electron chi connectivity index (χ1n) is 10.4. The van der Waals surface area contributed by atoms with Gasteiger partial charge in [0.05, 0.1) is 22.7 Å². The summed E-state index contributed by atoms with van der Waals surface area (Å²) in [5.74, 6) is 0.149. The first kappa shape index (κ1) is 21.6. The van der Waals surface area contributed by atoms with Crippen LogP contribution < -0.4 is 16.4 Å². The van der Waals surface area contributed by atoms with Crippen LogP contribution in [0.2, 0.25) is 0 Å². The number of hydrogen-bond acceptors (Lipinski definition) is 6. The molecule has 6 N–H and O–H groups in total. The lowest BCUT2D eigenvalue weighted by atomic mass is 10.1. The van der Waals surface area contributed by atoms with Gasteiger partial charge in [0.1, 0.15) is 10.6 Å². The number of aromatic hydroxyl groups is 1. The third kappa shape index (κ3) is 3.96. The Kier molecular flexibility index (Phi) is 5.24. The number of anilines is 5. The van der Waals surface area contributed by atoms with E-state index in [-0.39, 0.29) is 16.3 Å². The monoisotopic (exact) mass is 471 g/mol. The second kappa shape index (κ2) is 8.26. The van der Waals surface area contributed by atoms with Gasteiger partial charge in [0, 0.05) is 16.5 Å². The summed E-state index contributed by atoms with van der Waals surface area (Å²) in [4.78, 5) is -0.285. The molecule has 0 fully saturated rings. The minimum Gasteiger partial charge on any atom is -0.507 e. The lowest BCUT2D eigenvalue weighted by Crippen LogP contribution is -2.07. The van der Waals surface area contributed by atoms with Crippen LogP contribution in [-0.4, -0.2) is 18.1 Å². The standard InChI is InChI=1S/C26H21N3O4S/c27-21-14-11-16-5-1-2-7-20(16)25(21)29-22-8-4-10-24(34(31,32)33)26(22)28-18-12-13-19-17(15-18)6-3-9-23(19)30/h1-15,28-30H,27H2,(H,31,32,33). The average Bonchev–Trinajstić information content (AvgIpc) is 2.81. The molecule has 0 amide bonds. The van der Waals surface area contributed by atoms with Crippen molar-refractivity contribution in [1.82, 2.24) is 0 Å². The van der Waals surface area contributed by atoms with E-state index >= 15 is 0 Å². The van der Waals surface area contributed by atoms with Crippen molar-refractivity contribution in [2.75, 3.05) is 16.4 Å². The Bertz CT molecular complexity index is 1670. The van der Waals surface area contributed by atoms with Gasteiger partial charge < -0.3 is 21.5 Å². The van der Waals surface area contributed by atoms with Crippen LogP contribution in [0, 0.1) is 0 Å². The quantitative estimate of drug-likeness (QED) is 0.157. The van der Waals surface area contributed by atoms with Gasteiger partial charge in [-0.2, -0.15) is 8.42 Å². The Balaban J connectivity index is 1.65. The molecule has 0 heterocycles. The van der Waals surface area contributed by atoms with Crippen LogP contribution in [0.4, 0.5) is 28.4 Å². The SMILES string of the molecule is Nc1ccc2ccccc2c1Nc1cccc(S(=O)(=O)O)c1Nc1ccc2c(O)cccc2c1. The average molecular weight is 472 g/mol. The number of rotatable bonds is 5. The first-order chi connectivity index (χ1) is 16.3. The number of para-hydroxylation sites is 1. The van der Waals surface area contributed by atoms with Gasteiger partial charge in [-0.15, -0.1) is 0 Å². The van der Waals surface area contributed by atoms with Crippen molar-refractivity contribution in [3.8, 4) is 5.75 Å². The second-order valence-electron chi connectivity index (χ2n) is 7.87. The van der Waals surface area contributed by atoms with Crippen LogP contribution in [0.5, 0.6) is 5.75 Å². The predicted molar refractivity (Wildman–Crippen MR) is 137 cm³/mol. The van der Waals surface area contributed by atoms with Gasteiger partial charge in [0.25, 0.3) is 10.1 Å². The van der Waals surface area contributed by atoms with E-state index in [1.54, 1.807) is 42.5 Å². The summed E-state index contributed by atoms with van der Waals surface area (Å²) in [6.45, 7) is 0. The molecule has 8 heteroatoms. The molecule has 0 saturated carbocycles. The Morgan fingerprint density at radius 2 is 1.47 bits per heavy atom. The van der Waals surface area contributed by atoms with Crippen LogP contribution in [0.25, 0.3) is 21.5 Å². The van der Waals surface area contributed by atoms with Gasteiger partial charge in [-0.3, -0.25) is 4.55 Å². The van der Waals surface area contributed by atoms with Crippen LogP contribution in [-0.2, 0) is 10.1 Å². The van der Waals surface area contributed by atoms with E-state index in [2.05, 4.69) is 10.6 Å². The van der Waals surface area contributed by atoms with E-state index < -0.39 is 10.1 Å². The highest BCUT2D eigenvalue weighted by molar-refractivity contribution is 7.86. The highest BCUT2D eigenvalue weighted by Crippen LogP contribution is 2.39. The van der Waals surface area contributed by atoms with Gasteiger partial charge in [0.15, 0.2) is 0 Å². The largest absolute Gasteiger partial charge is 0.507 e. The van der Waals surface area contributed by atoms with Gasteiger partial charge in [-0.05, 0) is 53.2 Å². The molecule has 34 heavy (non-hydrogen) atoms. The normalized spacial score (nSPS) is 11.6. The van der Waals surface area contributed by atoms with E-state index in [4.69, 9.17) is 5.73 Å². The Labute approximate surface area is 196 Å². The minimum atomic E-state index is -4.54. The summed E-state index contributed by atoms with van der Waals surface area (Å²) < 4.78 is 34.3. The molecule has 0 aliphatic carbocycles. The number of nitrogens with two attached hydrogens (primary N) is 1. The van der Waals surface area contributed by atoms with Gasteiger partial charge in [0.2, 0.25) is 0 Å². The molecule has 0 saturated heterocycles. The van der Waals surface area contributed by atoms with Gasteiger partial charge in [-0.25, -0.2) is 0 Å². The lowest BCUT2D eigenvalue weighted by molar-refractivity contribution is 0.481. The summed E-state index contributed by atoms with van der Waals surface area (Å²) in [7, 11) is -4.54. The molecule has 5 aromatic rings. The van der Waals surface area contributed by atoms with Crippen LogP contribution in [0.3, 0.4) is 0 Å². The zero-order chi connectivity index (χ0) is 23.9. The highest BCUT2D eigenvalue weighted by atomic mass is 32.2.